The summed E-state index contributed by atoms with van der Waals surface area (Å²) < 4.78 is 1.84. The van der Waals surface area contributed by atoms with Crippen molar-refractivity contribution in [3.63, 3.8) is 0 Å². The number of nitrogens with one attached hydrogen (secondary N) is 2. The number of amides is 1. The summed E-state index contributed by atoms with van der Waals surface area (Å²) in [6.45, 7) is 19.9. The Bertz CT molecular complexity index is 856. The molecule has 0 radical (unpaired) electrons. The van der Waals surface area contributed by atoms with Crippen LogP contribution in [0.1, 0.15) is 17.4 Å². The summed E-state index contributed by atoms with van der Waals surface area (Å²) in [5.41, 5.74) is -0.636. The lowest BCUT2D eigenvalue weighted by Gasteiger charge is -2.38. The van der Waals surface area contributed by atoms with E-state index in [9.17, 15) is 4.79 Å². The van der Waals surface area contributed by atoms with Crippen molar-refractivity contribution < 1.29 is 4.79 Å². The lowest BCUT2D eigenvalue weighted by molar-refractivity contribution is 0.0627. The summed E-state index contributed by atoms with van der Waals surface area (Å²) in [7, 11) is 1.63. The van der Waals surface area contributed by atoms with Gasteiger partial charge in [-0.15, -0.1) is 5.92 Å². The Morgan fingerprint density at radius 1 is 1.26 bits per heavy atom. The first-order valence-electron chi connectivity index (χ1n) is 8.76. The fourth-order valence-electron chi connectivity index (χ4n) is 3.42. The van der Waals surface area contributed by atoms with Crippen LogP contribution in [-0.2, 0) is 6.54 Å². The number of carbonyl (C=O) groups excluding carboxylic acids is 1. The molecule has 0 saturated carbocycles. The number of aromatic nitrogens is 2. The van der Waals surface area contributed by atoms with Crippen LogP contribution in [0.3, 0.4) is 0 Å². The van der Waals surface area contributed by atoms with Crippen molar-refractivity contribution in [2.45, 2.75) is 19.1 Å². The van der Waals surface area contributed by atoms with E-state index in [1.54, 1.807) is 14.0 Å². The zero-order chi connectivity index (χ0) is 19.4. The van der Waals surface area contributed by atoms with Crippen molar-refractivity contribution in [2.75, 3.05) is 56.5 Å². The molecule has 2 aliphatic heterocycles. The first-order valence-corrected chi connectivity index (χ1v) is 8.76. The second kappa shape index (κ2) is 7.57. The van der Waals surface area contributed by atoms with Gasteiger partial charge in [0.25, 0.3) is 24.7 Å². The Morgan fingerprint density at radius 2 is 1.93 bits per heavy atom. The van der Waals surface area contributed by atoms with Crippen molar-refractivity contribution in [3.05, 3.63) is 28.5 Å². The molecule has 0 aliphatic carbocycles. The summed E-state index contributed by atoms with van der Waals surface area (Å²) >= 11 is 0. The lowest BCUT2D eigenvalue weighted by Crippen LogP contribution is -2.62. The van der Waals surface area contributed by atoms with Gasteiger partial charge in [0.15, 0.2) is 11.5 Å². The first-order chi connectivity index (χ1) is 13.1. The van der Waals surface area contributed by atoms with Crippen LogP contribution in [0.25, 0.3) is 9.69 Å². The van der Waals surface area contributed by atoms with Gasteiger partial charge in [-0.3, -0.25) is 9.36 Å². The molecular weight excluding hydrogens is 344 g/mol. The molecule has 1 fully saturated rings. The predicted octanol–water partition coefficient (Wildman–Crippen LogP) is 0.348. The standard InChI is InChI=1S/C18H22N8O/c1-5-6-9-26-14-15(22-17(26)25-10-7-21-8-11-25)23-18(12-19-2,13-20-3)24(4)16(14)27/h21,23H,7-13H2,1,4H3. The highest BCUT2D eigenvalue weighted by atomic mass is 16.2. The number of rotatable bonds is 4. The Kier molecular flexibility index (Phi) is 5.21. The number of anilines is 2. The van der Waals surface area contributed by atoms with E-state index in [4.69, 9.17) is 18.1 Å². The highest BCUT2D eigenvalue weighted by Crippen LogP contribution is 2.34. The molecule has 1 saturated heterocycles. The molecule has 0 bridgehead atoms. The SMILES string of the molecule is [C-]#[N+]CC1(C[N+]#[C-])Nc2nc(N3CCNCC3)n(CC#CC)c2C(=O)N1C. The molecule has 2 aliphatic rings. The molecule has 9 nitrogen and oxygen atoms in total. The van der Waals surface area contributed by atoms with Gasteiger partial charge in [0, 0.05) is 33.2 Å². The molecular formula is C18H22N8O. The van der Waals surface area contributed by atoms with Crippen LogP contribution in [0, 0.1) is 25.0 Å². The maximum Gasteiger partial charge on any atom is 0.276 e. The maximum atomic E-state index is 13.2. The maximum absolute atomic E-state index is 13.2. The number of likely N-dealkylation sites (N-methyl/N-ethyl adjacent to an activating group) is 1. The molecule has 2 N–H and O–H groups in total. The van der Waals surface area contributed by atoms with Crippen molar-refractivity contribution in [3.8, 4) is 11.8 Å². The number of hydrogen-bond acceptors (Lipinski definition) is 5. The van der Waals surface area contributed by atoms with Gasteiger partial charge in [-0.1, -0.05) is 5.92 Å². The molecule has 140 valence electrons. The van der Waals surface area contributed by atoms with Gasteiger partial charge in [-0.2, -0.15) is 4.98 Å². The van der Waals surface area contributed by atoms with E-state index >= 15 is 0 Å². The zero-order valence-corrected chi connectivity index (χ0v) is 15.5. The quantitative estimate of drug-likeness (QED) is 0.594. The van der Waals surface area contributed by atoms with E-state index in [1.165, 1.54) is 4.90 Å². The Labute approximate surface area is 159 Å². The van der Waals surface area contributed by atoms with Crippen molar-refractivity contribution in [1.29, 1.82) is 0 Å². The molecule has 0 atom stereocenters. The van der Waals surface area contributed by atoms with E-state index in [0.717, 1.165) is 26.2 Å². The van der Waals surface area contributed by atoms with Gasteiger partial charge in [0.2, 0.25) is 5.95 Å². The average molecular weight is 366 g/mol. The molecule has 0 unspecified atom stereocenters. The Balaban J connectivity index is 2.11. The number of piperazine rings is 1. The molecule has 1 amide bonds. The zero-order valence-electron chi connectivity index (χ0n) is 15.5. The minimum Gasteiger partial charge on any atom is -0.340 e. The smallest absolute Gasteiger partial charge is 0.276 e. The van der Waals surface area contributed by atoms with Crippen molar-refractivity contribution in [1.82, 2.24) is 19.8 Å². The molecule has 3 rings (SSSR count). The third-order valence-electron chi connectivity index (χ3n) is 4.94. The minimum atomic E-state index is -1.07. The summed E-state index contributed by atoms with van der Waals surface area (Å²) in [6, 6.07) is 0. The van der Waals surface area contributed by atoms with Gasteiger partial charge in [-0.25, -0.2) is 13.1 Å². The minimum absolute atomic E-state index is 0.0122. The summed E-state index contributed by atoms with van der Waals surface area (Å²) in [4.78, 5) is 28.4. The number of nitrogens with zero attached hydrogens (tertiary/aromatic N) is 6. The lowest BCUT2D eigenvalue weighted by atomic mass is 10.1. The third kappa shape index (κ3) is 3.16. The first kappa shape index (κ1) is 18.6. The summed E-state index contributed by atoms with van der Waals surface area (Å²) in [5.74, 6) is 6.77. The Morgan fingerprint density at radius 3 is 2.52 bits per heavy atom. The van der Waals surface area contributed by atoms with E-state index in [1.807, 2.05) is 4.57 Å². The van der Waals surface area contributed by atoms with E-state index in [0.29, 0.717) is 24.0 Å². The normalized spacial score (nSPS) is 17.9. The molecule has 1 aromatic rings. The summed E-state index contributed by atoms with van der Waals surface area (Å²) in [5, 5.41) is 6.53. The van der Waals surface area contributed by atoms with Crippen LogP contribution in [0.15, 0.2) is 0 Å². The average Bonchev–Trinajstić information content (AvgIpc) is 3.03. The second-order valence-corrected chi connectivity index (χ2v) is 6.51. The van der Waals surface area contributed by atoms with Gasteiger partial charge >= 0.3 is 0 Å². The monoisotopic (exact) mass is 366 g/mol. The van der Waals surface area contributed by atoms with Crippen LogP contribution >= 0.6 is 0 Å². The van der Waals surface area contributed by atoms with E-state index in [-0.39, 0.29) is 19.0 Å². The van der Waals surface area contributed by atoms with Gasteiger partial charge < -0.3 is 30.1 Å². The topological polar surface area (TPSA) is 74.1 Å². The van der Waals surface area contributed by atoms with Crippen molar-refractivity contribution >= 4 is 17.7 Å². The van der Waals surface area contributed by atoms with Crippen LogP contribution in [-0.4, -0.2) is 72.3 Å². The Hall–Kier alpha value is -3.22. The van der Waals surface area contributed by atoms with Gasteiger partial charge in [0.1, 0.15) is 0 Å². The van der Waals surface area contributed by atoms with Crippen LogP contribution in [0.4, 0.5) is 11.8 Å². The summed E-state index contributed by atoms with van der Waals surface area (Å²) in [6.07, 6.45) is 0. The molecule has 0 spiro atoms. The third-order valence-corrected chi connectivity index (χ3v) is 4.94. The highest BCUT2D eigenvalue weighted by Gasteiger charge is 2.51. The van der Waals surface area contributed by atoms with Gasteiger partial charge in [-0.05, 0) is 6.92 Å². The molecule has 0 aromatic carbocycles. The van der Waals surface area contributed by atoms with Crippen LogP contribution < -0.4 is 15.5 Å². The molecule has 9 heteroatoms. The largest absolute Gasteiger partial charge is 0.340 e. The fourth-order valence-corrected chi connectivity index (χ4v) is 3.42. The molecule has 27 heavy (non-hydrogen) atoms. The predicted molar refractivity (Wildman–Crippen MR) is 102 cm³/mol. The number of fused-ring (bicyclic) bond motifs is 1. The molecule has 1 aromatic heterocycles. The van der Waals surface area contributed by atoms with Crippen LogP contribution in [0.5, 0.6) is 0 Å². The second-order valence-electron chi connectivity index (χ2n) is 6.51. The molecule has 3 heterocycles. The number of carbonyl (C=O) groups is 1. The fraction of sp³-hybridized carbons (Fsp3) is 0.556. The highest BCUT2D eigenvalue weighted by molar-refractivity contribution is 6.00. The van der Waals surface area contributed by atoms with Crippen LogP contribution in [0.2, 0.25) is 0 Å². The number of imidazole rings is 1. The van der Waals surface area contributed by atoms with Crippen molar-refractivity contribution in [2.24, 2.45) is 0 Å². The van der Waals surface area contributed by atoms with E-state index < -0.39 is 5.66 Å². The van der Waals surface area contributed by atoms with Gasteiger partial charge in [0.05, 0.1) is 6.54 Å². The van der Waals surface area contributed by atoms with E-state index in [2.05, 4.69) is 37.1 Å². The number of hydrogen-bond donors (Lipinski definition) is 2.